The topological polar surface area (TPSA) is 37.4 Å². The van der Waals surface area contributed by atoms with Gasteiger partial charge in [-0.3, -0.25) is 0 Å². The highest BCUT2D eigenvalue weighted by Crippen LogP contribution is 2.53. The van der Waals surface area contributed by atoms with Crippen molar-refractivity contribution in [3.63, 3.8) is 0 Å². The number of nitrogens with zero attached hydrogens (tertiary/aromatic N) is 1. The first-order chi connectivity index (χ1) is 10.4. The summed E-state index contributed by atoms with van der Waals surface area (Å²) in [6.07, 6.45) is 3.07. The molecule has 1 saturated heterocycles. The highest BCUT2D eigenvalue weighted by Gasteiger charge is 2.53. The van der Waals surface area contributed by atoms with Gasteiger partial charge in [-0.15, -0.1) is 0 Å². The molecule has 1 aliphatic heterocycles. The molecular formula is C19H29NO2S. The molecule has 0 aromatic heterocycles. The van der Waals surface area contributed by atoms with Crippen molar-refractivity contribution >= 4 is 10.0 Å². The Hall–Kier alpha value is -0.870. The third-order valence-electron chi connectivity index (χ3n) is 5.54. The average molecular weight is 336 g/mol. The summed E-state index contributed by atoms with van der Waals surface area (Å²) in [4.78, 5) is 0.525. The molecule has 2 unspecified atom stereocenters. The normalized spacial score (nSPS) is 30.6. The van der Waals surface area contributed by atoms with Crippen molar-refractivity contribution in [2.24, 2.45) is 10.8 Å². The molecule has 0 spiro atoms. The smallest absolute Gasteiger partial charge is 0.207 e. The molecule has 3 rings (SSSR count). The highest BCUT2D eigenvalue weighted by molar-refractivity contribution is 7.89. The number of hydrogen-bond donors (Lipinski definition) is 0. The maximum Gasteiger partial charge on any atom is 0.243 e. The number of sulfonamides is 1. The predicted octanol–water partition coefficient (Wildman–Crippen LogP) is 4.20. The Kier molecular flexibility index (Phi) is 3.73. The fourth-order valence-electron chi connectivity index (χ4n) is 5.38. The summed E-state index contributed by atoms with van der Waals surface area (Å²) < 4.78 is 28.6. The number of aryl methyl sites for hydroxylation is 3. The minimum absolute atomic E-state index is 0.117. The van der Waals surface area contributed by atoms with Gasteiger partial charge in [-0.2, -0.15) is 4.31 Å². The Morgan fingerprint density at radius 3 is 2.17 bits per heavy atom. The zero-order chi connectivity index (χ0) is 17.2. The van der Waals surface area contributed by atoms with Crippen LogP contribution in [0.15, 0.2) is 17.0 Å². The van der Waals surface area contributed by atoms with Gasteiger partial charge in [-0.05, 0) is 62.0 Å². The molecule has 1 heterocycles. The van der Waals surface area contributed by atoms with Gasteiger partial charge in [0.2, 0.25) is 10.0 Å². The summed E-state index contributed by atoms with van der Waals surface area (Å²) in [6.45, 7) is 13.3. The average Bonchev–Trinajstić information content (AvgIpc) is 2.57. The third-order valence-corrected chi connectivity index (χ3v) is 7.74. The van der Waals surface area contributed by atoms with Gasteiger partial charge in [0.05, 0.1) is 4.90 Å². The van der Waals surface area contributed by atoms with Crippen LogP contribution in [0, 0.1) is 31.6 Å². The summed E-state index contributed by atoms with van der Waals surface area (Å²) >= 11 is 0. The molecule has 23 heavy (non-hydrogen) atoms. The van der Waals surface area contributed by atoms with Gasteiger partial charge in [-0.25, -0.2) is 8.42 Å². The Bertz CT molecular complexity index is 728. The minimum atomic E-state index is -3.43. The van der Waals surface area contributed by atoms with Crippen molar-refractivity contribution in [3.05, 3.63) is 28.8 Å². The molecule has 1 aliphatic carbocycles. The minimum Gasteiger partial charge on any atom is -0.207 e. The number of hydrogen-bond acceptors (Lipinski definition) is 2. The molecule has 0 amide bonds. The summed E-state index contributed by atoms with van der Waals surface area (Å²) in [6, 6.07) is 4.11. The Morgan fingerprint density at radius 2 is 1.61 bits per heavy atom. The monoisotopic (exact) mass is 335 g/mol. The van der Waals surface area contributed by atoms with E-state index in [0.29, 0.717) is 11.4 Å². The van der Waals surface area contributed by atoms with Gasteiger partial charge in [0.25, 0.3) is 0 Å². The van der Waals surface area contributed by atoms with Crippen molar-refractivity contribution in [1.29, 1.82) is 0 Å². The second-order valence-electron chi connectivity index (χ2n) is 8.99. The van der Waals surface area contributed by atoms with E-state index >= 15 is 0 Å². The maximum absolute atomic E-state index is 13.4. The lowest BCUT2D eigenvalue weighted by atomic mass is 9.65. The fourth-order valence-corrected chi connectivity index (χ4v) is 7.57. The Labute approximate surface area is 141 Å². The Balaban J connectivity index is 2.06. The van der Waals surface area contributed by atoms with Crippen LogP contribution >= 0.6 is 0 Å². The summed E-state index contributed by atoms with van der Waals surface area (Å²) in [5.41, 5.74) is 3.19. The number of benzene rings is 1. The van der Waals surface area contributed by atoms with Gasteiger partial charge in [-0.1, -0.05) is 38.5 Å². The molecule has 3 nitrogen and oxygen atoms in total. The van der Waals surface area contributed by atoms with Crippen LogP contribution in [-0.4, -0.2) is 25.3 Å². The van der Waals surface area contributed by atoms with E-state index in [0.717, 1.165) is 36.0 Å². The first kappa shape index (κ1) is 17.0. The molecule has 2 fully saturated rings. The van der Waals surface area contributed by atoms with Crippen LogP contribution in [0.3, 0.4) is 0 Å². The van der Waals surface area contributed by atoms with E-state index < -0.39 is 10.0 Å². The quantitative estimate of drug-likeness (QED) is 0.812. The van der Waals surface area contributed by atoms with Crippen LogP contribution in [0.4, 0.5) is 0 Å². The number of rotatable bonds is 2. The van der Waals surface area contributed by atoms with Gasteiger partial charge < -0.3 is 0 Å². The standard InChI is InChI=1S/C19H29NO2S/c1-13-7-14(2)17(15(3)8-13)23(21,22)20-12-19(6)10-16(20)9-18(4,5)11-19/h7-8,16H,9-12H2,1-6H3. The van der Waals surface area contributed by atoms with Crippen molar-refractivity contribution in [1.82, 2.24) is 4.31 Å². The van der Waals surface area contributed by atoms with E-state index in [1.807, 2.05) is 37.2 Å². The van der Waals surface area contributed by atoms with E-state index in [1.54, 1.807) is 0 Å². The van der Waals surface area contributed by atoms with Gasteiger partial charge in [0.15, 0.2) is 0 Å². The SMILES string of the molecule is Cc1cc(C)c(S(=O)(=O)N2CC3(C)CC2CC(C)(C)C3)c(C)c1. The number of fused-ring (bicyclic) bond motifs is 2. The first-order valence-corrected chi connectivity index (χ1v) is 9.97. The van der Waals surface area contributed by atoms with Crippen molar-refractivity contribution in [3.8, 4) is 0 Å². The zero-order valence-corrected chi connectivity index (χ0v) is 16.0. The van der Waals surface area contributed by atoms with Crippen LogP contribution in [0.2, 0.25) is 0 Å². The summed E-state index contributed by atoms with van der Waals surface area (Å²) in [5.74, 6) is 0. The molecule has 1 saturated carbocycles. The first-order valence-electron chi connectivity index (χ1n) is 8.53. The van der Waals surface area contributed by atoms with E-state index in [4.69, 9.17) is 0 Å². The van der Waals surface area contributed by atoms with Gasteiger partial charge in [0, 0.05) is 12.6 Å². The van der Waals surface area contributed by atoms with E-state index in [9.17, 15) is 8.42 Å². The van der Waals surface area contributed by atoms with Crippen molar-refractivity contribution < 1.29 is 8.42 Å². The second kappa shape index (κ2) is 5.06. The Morgan fingerprint density at radius 1 is 1.04 bits per heavy atom. The molecule has 2 bridgehead atoms. The van der Waals surface area contributed by atoms with Crippen molar-refractivity contribution in [2.45, 2.75) is 71.7 Å². The third kappa shape index (κ3) is 2.85. The second-order valence-corrected chi connectivity index (χ2v) is 10.8. The molecule has 2 atom stereocenters. The lowest BCUT2D eigenvalue weighted by Crippen LogP contribution is -2.38. The van der Waals surface area contributed by atoms with Gasteiger partial charge >= 0.3 is 0 Å². The molecule has 1 aromatic carbocycles. The van der Waals surface area contributed by atoms with E-state index in [2.05, 4.69) is 20.8 Å². The van der Waals surface area contributed by atoms with Crippen LogP contribution in [-0.2, 0) is 10.0 Å². The predicted molar refractivity (Wildman–Crippen MR) is 94.1 cm³/mol. The van der Waals surface area contributed by atoms with Crippen LogP contribution in [0.25, 0.3) is 0 Å². The van der Waals surface area contributed by atoms with E-state index in [1.165, 1.54) is 0 Å². The molecular weight excluding hydrogens is 306 g/mol. The maximum atomic E-state index is 13.4. The largest absolute Gasteiger partial charge is 0.243 e. The molecule has 0 radical (unpaired) electrons. The zero-order valence-electron chi connectivity index (χ0n) is 15.2. The molecule has 128 valence electrons. The summed E-state index contributed by atoms with van der Waals surface area (Å²) in [5, 5.41) is 0. The van der Waals surface area contributed by atoms with Gasteiger partial charge in [0.1, 0.15) is 0 Å². The fraction of sp³-hybridized carbons (Fsp3) is 0.684. The van der Waals surface area contributed by atoms with Crippen molar-refractivity contribution in [2.75, 3.05) is 6.54 Å². The van der Waals surface area contributed by atoms with Crippen LogP contribution in [0.1, 0.15) is 56.7 Å². The summed E-state index contributed by atoms with van der Waals surface area (Å²) in [7, 11) is -3.43. The molecule has 2 aliphatic rings. The molecule has 0 N–H and O–H groups in total. The van der Waals surface area contributed by atoms with Crippen LogP contribution in [0.5, 0.6) is 0 Å². The van der Waals surface area contributed by atoms with E-state index in [-0.39, 0.29) is 16.9 Å². The molecule has 4 heteroatoms. The van der Waals surface area contributed by atoms with Crippen LogP contribution < -0.4 is 0 Å². The molecule has 1 aromatic rings. The highest BCUT2D eigenvalue weighted by atomic mass is 32.2. The lowest BCUT2D eigenvalue weighted by molar-refractivity contribution is 0.133. The lowest BCUT2D eigenvalue weighted by Gasteiger charge is -2.39.